The number of amides is 1. The normalized spacial score (nSPS) is 20.0. The van der Waals surface area contributed by atoms with Crippen molar-refractivity contribution in [3.8, 4) is 0 Å². The van der Waals surface area contributed by atoms with Crippen LogP contribution in [0.15, 0.2) is 42.5 Å². The van der Waals surface area contributed by atoms with E-state index < -0.39 is 29.0 Å². The fourth-order valence-electron chi connectivity index (χ4n) is 3.01. The quantitative estimate of drug-likeness (QED) is 0.740. The molecule has 0 heterocycles. The second-order valence-electron chi connectivity index (χ2n) is 5.98. The van der Waals surface area contributed by atoms with E-state index in [1.165, 1.54) is 0 Å². The van der Waals surface area contributed by atoms with Crippen LogP contribution in [0.5, 0.6) is 0 Å². The Hall–Kier alpha value is -2.08. The number of nitrogens with one attached hydrogen (secondary N) is 1. The predicted octanol–water partition coefficient (Wildman–Crippen LogP) is 5.17. The maximum atomic E-state index is 13.9. The number of hydrogen-bond donors (Lipinski definition) is 1. The Bertz CT molecular complexity index is 789. The number of alkyl halides is 3. The second kappa shape index (κ2) is 6.67. The van der Waals surface area contributed by atoms with Crippen molar-refractivity contribution in [2.24, 2.45) is 0 Å². The first-order valence-corrected chi connectivity index (χ1v) is 8.07. The molecule has 2 aromatic rings. The van der Waals surface area contributed by atoms with Crippen molar-refractivity contribution in [1.29, 1.82) is 0 Å². The van der Waals surface area contributed by atoms with E-state index in [1.54, 1.807) is 12.1 Å². The molecular formula is C18H14ClF4NO. The van der Waals surface area contributed by atoms with Crippen LogP contribution in [0.1, 0.15) is 40.2 Å². The molecule has 0 bridgehead atoms. The second-order valence-corrected chi connectivity index (χ2v) is 6.41. The zero-order valence-electron chi connectivity index (χ0n) is 12.9. The van der Waals surface area contributed by atoms with Crippen LogP contribution in [-0.2, 0) is 6.18 Å². The van der Waals surface area contributed by atoms with Gasteiger partial charge in [0, 0.05) is 17.0 Å². The van der Waals surface area contributed by atoms with Crippen LogP contribution in [0.3, 0.4) is 0 Å². The summed E-state index contributed by atoms with van der Waals surface area (Å²) in [5, 5.41) is 3.11. The summed E-state index contributed by atoms with van der Waals surface area (Å²) in [6.07, 6.45) is -3.39. The van der Waals surface area contributed by atoms with E-state index in [2.05, 4.69) is 5.32 Å². The first-order chi connectivity index (χ1) is 11.8. The molecule has 132 valence electrons. The predicted molar refractivity (Wildman–Crippen MR) is 86.1 cm³/mol. The Balaban J connectivity index is 1.80. The van der Waals surface area contributed by atoms with Crippen molar-refractivity contribution in [3.63, 3.8) is 0 Å². The van der Waals surface area contributed by atoms with Crippen molar-refractivity contribution >= 4 is 17.5 Å². The van der Waals surface area contributed by atoms with Crippen LogP contribution in [-0.4, -0.2) is 11.9 Å². The highest BCUT2D eigenvalue weighted by atomic mass is 35.5. The highest BCUT2D eigenvalue weighted by Crippen LogP contribution is 2.38. The van der Waals surface area contributed by atoms with Crippen LogP contribution in [0.25, 0.3) is 0 Å². The molecule has 25 heavy (non-hydrogen) atoms. The first kappa shape index (κ1) is 17.7. The highest BCUT2D eigenvalue weighted by molar-refractivity contribution is 6.30. The van der Waals surface area contributed by atoms with E-state index in [9.17, 15) is 22.4 Å². The number of hydrogen-bond acceptors (Lipinski definition) is 1. The smallest absolute Gasteiger partial charge is 0.349 e. The molecule has 2 aromatic carbocycles. The number of halogens is 5. The molecule has 2 nitrogen and oxygen atoms in total. The molecule has 0 unspecified atom stereocenters. The molecule has 0 aromatic heterocycles. The van der Waals surface area contributed by atoms with Gasteiger partial charge in [0.15, 0.2) is 0 Å². The number of rotatable bonds is 3. The van der Waals surface area contributed by atoms with Gasteiger partial charge in [0.1, 0.15) is 5.82 Å². The van der Waals surface area contributed by atoms with Crippen LogP contribution in [0.2, 0.25) is 5.02 Å². The first-order valence-electron chi connectivity index (χ1n) is 7.69. The minimum Gasteiger partial charge on any atom is -0.349 e. The van der Waals surface area contributed by atoms with E-state index in [4.69, 9.17) is 11.6 Å². The Kier molecular flexibility index (Phi) is 4.73. The van der Waals surface area contributed by atoms with Gasteiger partial charge in [-0.1, -0.05) is 29.8 Å². The lowest BCUT2D eigenvalue weighted by molar-refractivity contribution is -0.138. The maximum absolute atomic E-state index is 13.9. The van der Waals surface area contributed by atoms with Crippen LogP contribution >= 0.6 is 11.6 Å². The molecule has 1 saturated carbocycles. The van der Waals surface area contributed by atoms with Crippen molar-refractivity contribution in [1.82, 2.24) is 5.32 Å². The van der Waals surface area contributed by atoms with Crippen molar-refractivity contribution in [3.05, 3.63) is 70.0 Å². The van der Waals surface area contributed by atoms with Crippen LogP contribution in [0.4, 0.5) is 17.6 Å². The minimum atomic E-state index is -4.80. The lowest BCUT2D eigenvalue weighted by Crippen LogP contribution is -2.46. The summed E-state index contributed by atoms with van der Waals surface area (Å²) >= 11 is 5.84. The average molecular weight is 372 g/mol. The van der Waals surface area contributed by atoms with Crippen molar-refractivity contribution < 1.29 is 22.4 Å². The van der Waals surface area contributed by atoms with Gasteiger partial charge in [0.05, 0.1) is 11.1 Å². The summed E-state index contributed by atoms with van der Waals surface area (Å²) < 4.78 is 53.0. The minimum absolute atomic E-state index is 0.0256. The van der Waals surface area contributed by atoms with Gasteiger partial charge in [0.25, 0.3) is 5.91 Å². The largest absolute Gasteiger partial charge is 0.417 e. The summed E-state index contributed by atoms with van der Waals surface area (Å²) in [7, 11) is 0. The molecule has 0 saturated heterocycles. The van der Waals surface area contributed by atoms with Crippen LogP contribution in [0, 0.1) is 5.82 Å². The van der Waals surface area contributed by atoms with E-state index in [0.29, 0.717) is 17.5 Å². The SMILES string of the molecule is O=C(N[C@H]1CC[C@H]1c1ccc(Cl)cc1)c1c(F)cccc1C(F)(F)F. The van der Waals surface area contributed by atoms with Crippen LogP contribution < -0.4 is 5.32 Å². The Labute approximate surface area is 146 Å². The maximum Gasteiger partial charge on any atom is 0.417 e. The number of carbonyl (C=O) groups is 1. The molecular weight excluding hydrogens is 358 g/mol. The van der Waals surface area contributed by atoms with Crippen molar-refractivity contribution in [2.45, 2.75) is 31.0 Å². The third-order valence-electron chi connectivity index (χ3n) is 4.44. The molecule has 1 amide bonds. The van der Waals surface area contributed by atoms with Gasteiger partial charge in [-0.05, 0) is 42.7 Å². The van der Waals surface area contributed by atoms with Crippen molar-refractivity contribution in [2.75, 3.05) is 0 Å². The molecule has 2 atom stereocenters. The fraction of sp³-hybridized carbons (Fsp3) is 0.278. The molecule has 1 fully saturated rings. The Morgan fingerprint density at radius 3 is 2.32 bits per heavy atom. The monoisotopic (exact) mass is 371 g/mol. The van der Waals surface area contributed by atoms with E-state index in [1.807, 2.05) is 12.1 Å². The molecule has 1 N–H and O–H groups in total. The molecule has 7 heteroatoms. The van der Waals surface area contributed by atoms with E-state index >= 15 is 0 Å². The number of benzene rings is 2. The van der Waals surface area contributed by atoms with Gasteiger partial charge >= 0.3 is 6.18 Å². The Morgan fingerprint density at radius 1 is 1.08 bits per heavy atom. The van der Waals surface area contributed by atoms with Gasteiger partial charge in [-0.3, -0.25) is 4.79 Å². The molecule has 0 aliphatic heterocycles. The molecule has 1 aliphatic rings. The molecule has 0 radical (unpaired) electrons. The summed E-state index contributed by atoms with van der Waals surface area (Å²) in [5.41, 5.74) is -1.30. The summed E-state index contributed by atoms with van der Waals surface area (Å²) in [4.78, 5) is 12.3. The van der Waals surface area contributed by atoms with E-state index in [0.717, 1.165) is 24.1 Å². The zero-order chi connectivity index (χ0) is 18.2. The van der Waals surface area contributed by atoms with Gasteiger partial charge in [0.2, 0.25) is 0 Å². The average Bonchev–Trinajstić information content (AvgIpc) is 2.52. The standard InChI is InChI=1S/C18H14ClF4NO/c19-11-6-4-10(5-7-11)12-8-9-15(12)24-17(25)16-13(18(21,22)23)2-1-3-14(16)20/h1-7,12,15H,8-9H2,(H,24,25)/t12-,15-/m0/s1. The van der Waals surface area contributed by atoms with Gasteiger partial charge in [-0.25, -0.2) is 4.39 Å². The lowest BCUT2D eigenvalue weighted by atomic mass is 9.75. The topological polar surface area (TPSA) is 29.1 Å². The van der Waals surface area contributed by atoms with E-state index in [-0.39, 0.29) is 12.0 Å². The third-order valence-corrected chi connectivity index (χ3v) is 4.69. The third kappa shape index (κ3) is 3.63. The lowest BCUT2D eigenvalue weighted by Gasteiger charge is -2.37. The Morgan fingerprint density at radius 2 is 1.76 bits per heavy atom. The highest BCUT2D eigenvalue weighted by Gasteiger charge is 2.39. The number of carbonyl (C=O) groups excluding carboxylic acids is 1. The van der Waals surface area contributed by atoms with Gasteiger partial charge in [-0.2, -0.15) is 13.2 Å². The van der Waals surface area contributed by atoms with Gasteiger partial charge < -0.3 is 5.32 Å². The molecule has 3 rings (SSSR count). The van der Waals surface area contributed by atoms with Gasteiger partial charge in [-0.15, -0.1) is 0 Å². The zero-order valence-corrected chi connectivity index (χ0v) is 13.7. The summed E-state index contributed by atoms with van der Waals surface area (Å²) in [6.45, 7) is 0. The molecule has 0 spiro atoms. The molecule has 1 aliphatic carbocycles. The summed E-state index contributed by atoms with van der Waals surface area (Å²) in [6, 6.07) is 9.21. The fourth-order valence-corrected chi connectivity index (χ4v) is 3.14. The summed E-state index contributed by atoms with van der Waals surface area (Å²) in [5.74, 6) is -2.26.